The van der Waals surface area contributed by atoms with Gasteiger partial charge in [0.15, 0.2) is 0 Å². The van der Waals surface area contributed by atoms with Gasteiger partial charge in [-0.05, 0) is 42.8 Å². The minimum Gasteiger partial charge on any atom is -0.327 e. The summed E-state index contributed by atoms with van der Waals surface area (Å²) in [6, 6.07) is 12.5. The monoisotopic (exact) mass is 372 g/mol. The van der Waals surface area contributed by atoms with Gasteiger partial charge in [-0.15, -0.1) is 6.58 Å². The van der Waals surface area contributed by atoms with Gasteiger partial charge in [0.1, 0.15) is 10.2 Å². The molecular weight excluding hydrogens is 356 g/mol. The fourth-order valence-corrected chi connectivity index (χ4v) is 3.02. The Labute approximate surface area is 156 Å². The highest BCUT2D eigenvalue weighted by molar-refractivity contribution is 7.99. The third-order valence-corrected chi connectivity index (χ3v) is 4.36. The van der Waals surface area contributed by atoms with Crippen LogP contribution >= 0.6 is 23.4 Å². The molecular formula is C18H17ClN4OS. The van der Waals surface area contributed by atoms with Crippen LogP contribution in [0.1, 0.15) is 12.0 Å². The molecule has 0 aliphatic rings. The number of anilines is 1. The number of hydrogen-bond acceptors (Lipinski definition) is 4. The first kappa shape index (κ1) is 18.8. The van der Waals surface area contributed by atoms with Crippen molar-refractivity contribution >= 4 is 35.1 Å². The molecule has 128 valence electrons. The summed E-state index contributed by atoms with van der Waals surface area (Å²) in [6.07, 6.45) is 2.52. The van der Waals surface area contributed by atoms with Crippen LogP contribution in [0.5, 0.6) is 0 Å². The minimum atomic E-state index is -0.169. The molecule has 2 aromatic rings. The lowest BCUT2D eigenvalue weighted by Gasteiger charge is -2.17. The predicted molar refractivity (Wildman–Crippen MR) is 101 cm³/mol. The average Bonchev–Trinajstić information content (AvgIpc) is 2.60. The second-order valence-electron chi connectivity index (χ2n) is 5.18. The minimum absolute atomic E-state index is 0.169. The van der Waals surface area contributed by atoms with Crippen LogP contribution in [-0.4, -0.2) is 29.5 Å². The quantitative estimate of drug-likeness (QED) is 0.584. The summed E-state index contributed by atoms with van der Waals surface area (Å²) in [6.45, 7) is 4.26. The standard InChI is InChI=1S/C18H17ClN4OS/c1-3-4-9-23(2)18(24)21-14-5-7-15(8-6-14)25-17-11-13(12-20)10-16(19)22-17/h3,5-8,10-11H,1,4,9H2,2H3,(H,21,24). The molecule has 1 aromatic heterocycles. The topological polar surface area (TPSA) is 69.0 Å². The molecule has 0 saturated carbocycles. The molecule has 25 heavy (non-hydrogen) atoms. The summed E-state index contributed by atoms with van der Waals surface area (Å²) in [7, 11) is 1.74. The lowest BCUT2D eigenvalue weighted by atomic mass is 10.3. The Bertz CT molecular complexity index is 802. The Morgan fingerprint density at radius 2 is 2.16 bits per heavy atom. The van der Waals surface area contributed by atoms with E-state index in [2.05, 4.69) is 22.9 Å². The van der Waals surface area contributed by atoms with Crippen molar-refractivity contribution in [1.29, 1.82) is 5.26 Å². The molecule has 0 spiro atoms. The van der Waals surface area contributed by atoms with Crippen LogP contribution < -0.4 is 5.32 Å². The van der Waals surface area contributed by atoms with Crippen molar-refractivity contribution in [3.8, 4) is 6.07 Å². The van der Waals surface area contributed by atoms with Gasteiger partial charge >= 0.3 is 6.03 Å². The van der Waals surface area contributed by atoms with Crippen molar-refractivity contribution in [1.82, 2.24) is 9.88 Å². The first-order valence-corrected chi connectivity index (χ1v) is 8.70. The van der Waals surface area contributed by atoms with Crippen LogP contribution in [0.25, 0.3) is 0 Å². The Balaban J connectivity index is 2.00. The molecule has 1 heterocycles. The maximum atomic E-state index is 12.0. The fourth-order valence-electron chi connectivity index (χ4n) is 1.92. The number of halogens is 1. The van der Waals surface area contributed by atoms with Gasteiger partial charge in [-0.25, -0.2) is 9.78 Å². The number of nitrogens with zero attached hydrogens (tertiary/aromatic N) is 3. The molecule has 0 aliphatic carbocycles. The van der Waals surface area contributed by atoms with Gasteiger partial charge < -0.3 is 10.2 Å². The molecule has 0 bridgehead atoms. The molecule has 0 saturated heterocycles. The number of nitriles is 1. The number of amides is 2. The number of nitrogens with one attached hydrogen (secondary N) is 1. The first-order valence-electron chi connectivity index (χ1n) is 7.50. The highest BCUT2D eigenvalue weighted by Gasteiger charge is 2.08. The van der Waals surface area contributed by atoms with E-state index in [-0.39, 0.29) is 11.2 Å². The third kappa shape index (κ3) is 5.82. The molecule has 2 amide bonds. The number of carbonyl (C=O) groups excluding carboxylic acids is 1. The van der Waals surface area contributed by atoms with E-state index in [1.165, 1.54) is 17.8 Å². The smallest absolute Gasteiger partial charge is 0.321 e. The van der Waals surface area contributed by atoms with Crippen LogP contribution in [0, 0.1) is 11.3 Å². The third-order valence-electron chi connectivity index (χ3n) is 3.24. The van der Waals surface area contributed by atoms with Gasteiger partial charge in [0, 0.05) is 24.2 Å². The fraction of sp³-hybridized carbons (Fsp3) is 0.167. The van der Waals surface area contributed by atoms with Crippen LogP contribution in [0.3, 0.4) is 0 Å². The predicted octanol–water partition coefficient (Wildman–Crippen LogP) is 4.80. The van der Waals surface area contributed by atoms with E-state index >= 15 is 0 Å². The summed E-state index contributed by atoms with van der Waals surface area (Å²) >= 11 is 7.30. The van der Waals surface area contributed by atoms with E-state index in [0.29, 0.717) is 22.8 Å². The summed E-state index contributed by atoms with van der Waals surface area (Å²) in [5, 5.41) is 12.7. The zero-order chi connectivity index (χ0) is 18.2. The van der Waals surface area contributed by atoms with Crippen LogP contribution in [0.2, 0.25) is 5.15 Å². The summed E-state index contributed by atoms with van der Waals surface area (Å²) in [5.41, 5.74) is 1.17. The summed E-state index contributed by atoms with van der Waals surface area (Å²) in [4.78, 5) is 18.7. The molecule has 1 N–H and O–H groups in total. The maximum absolute atomic E-state index is 12.0. The number of pyridine rings is 1. The molecule has 0 unspecified atom stereocenters. The Hall–Kier alpha value is -2.49. The average molecular weight is 373 g/mol. The van der Waals surface area contributed by atoms with Crippen molar-refractivity contribution in [2.24, 2.45) is 0 Å². The van der Waals surface area contributed by atoms with E-state index < -0.39 is 0 Å². The molecule has 0 fully saturated rings. The van der Waals surface area contributed by atoms with Gasteiger partial charge in [0.25, 0.3) is 0 Å². The molecule has 5 nitrogen and oxygen atoms in total. The zero-order valence-electron chi connectivity index (χ0n) is 13.7. The SMILES string of the molecule is C=CCCN(C)C(=O)Nc1ccc(Sc2cc(C#N)cc(Cl)n2)cc1. The van der Waals surface area contributed by atoms with Crippen molar-refractivity contribution in [2.75, 3.05) is 18.9 Å². The largest absolute Gasteiger partial charge is 0.327 e. The first-order chi connectivity index (χ1) is 12.0. The van der Waals surface area contributed by atoms with Crippen molar-refractivity contribution in [2.45, 2.75) is 16.3 Å². The number of aromatic nitrogens is 1. The van der Waals surface area contributed by atoms with Gasteiger partial charge in [0.2, 0.25) is 0 Å². The number of hydrogen-bond donors (Lipinski definition) is 1. The molecule has 1 aromatic carbocycles. The highest BCUT2D eigenvalue weighted by atomic mass is 35.5. The van der Waals surface area contributed by atoms with E-state index in [1.807, 2.05) is 24.3 Å². The Kier molecular flexibility index (Phi) is 6.87. The summed E-state index contributed by atoms with van der Waals surface area (Å²) < 4.78 is 0. The van der Waals surface area contributed by atoms with E-state index in [4.69, 9.17) is 16.9 Å². The van der Waals surface area contributed by atoms with Gasteiger partial charge in [-0.2, -0.15) is 5.26 Å². The Morgan fingerprint density at radius 1 is 1.44 bits per heavy atom. The Morgan fingerprint density at radius 3 is 2.80 bits per heavy atom. The van der Waals surface area contributed by atoms with Crippen LogP contribution in [0.4, 0.5) is 10.5 Å². The van der Waals surface area contributed by atoms with Crippen molar-refractivity contribution in [3.63, 3.8) is 0 Å². The summed E-state index contributed by atoms with van der Waals surface area (Å²) in [5.74, 6) is 0. The van der Waals surface area contributed by atoms with Crippen molar-refractivity contribution < 1.29 is 4.79 Å². The maximum Gasteiger partial charge on any atom is 0.321 e. The number of carbonyl (C=O) groups is 1. The lowest BCUT2D eigenvalue weighted by Crippen LogP contribution is -2.31. The van der Waals surface area contributed by atoms with E-state index in [0.717, 1.165) is 11.3 Å². The van der Waals surface area contributed by atoms with Crippen molar-refractivity contribution in [3.05, 3.63) is 59.8 Å². The second-order valence-corrected chi connectivity index (χ2v) is 6.67. The molecule has 0 atom stereocenters. The van der Waals surface area contributed by atoms with Crippen LogP contribution in [0.15, 0.2) is 59.0 Å². The number of rotatable bonds is 6. The second kappa shape index (κ2) is 9.11. The van der Waals surface area contributed by atoms with Gasteiger partial charge in [0.05, 0.1) is 11.6 Å². The lowest BCUT2D eigenvalue weighted by molar-refractivity contribution is 0.223. The molecule has 2 rings (SSSR count). The highest BCUT2D eigenvalue weighted by Crippen LogP contribution is 2.29. The van der Waals surface area contributed by atoms with Crippen LogP contribution in [-0.2, 0) is 0 Å². The molecule has 0 radical (unpaired) electrons. The van der Waals surface area contributed by atoms with Gasteiger partial charge in [-0.3, -0.25) is 0 Å². The normalized spacial score (nSPS) is 9.96. The molecule has 7 heteroatoms. The molecule has 0 aliphatic heterocycles. The van der Waals surface area contributed by atoms with E-state index in [1.54, 1.807) is 24.1 Å². The number of urea groups is 1. The van der Waals surface area contributed by atoms with E-state index in [9.17, 15) is 4.79 Å². The zero-order valence-corrected chi connectivity index (χ0v) is 15.3. The van der Waals surface area contributed by atoms with Gasteiger partial charge in [-0.1, -0.05) is 29.4 Å². The number of benzene rings is 1.